The summed E-state index contributed by atoms with van der Waals surface area (Å²) >= 11 is 0. The van der Waals surface area contributed by atoms with Crippen LogP contribution >= 0.6 is 0 Å². The van der Waals surface area contributed by atoms with E-state index in [0.717, 1.165) is 31.5 Å². The van der Waals surface area contributed by atoms with Gasteiger partial charge in [-0.15, -0.1) is 0 Å². The van der Waals surface area contributed by atoms with Gasteiger partial charge in [0.2, 0.25) is 0 Å². The van der Waals surface area contributed by atoms with Crippen molar-refractivity contribution in [3.8, 4) is 0 Å². The van der Waals surface area contributed by atoms with E-state index in [4.69, 9.17) is 0 Å². The van der Waals surface area contributed by atoms with Gasteiger partial charge < -0.3 is 15.3 Å². The minimum absolute atomic E-state index is 0.00462. The highest BCUT2D eigenvalue weighted by atomic mass is 16.3. The number of hydrogen-bond donors (Lipinski definition) is 2. The lowest BCUT2D eigenvalue weighted by atomic mass is 10.1. The van der Waals surface area contributed by atoms with E-state index < -0.39 is 0 Å². The highest BCUT2D eigenvalue weighted by molar-refractivity contribution is 5.89. The molecule has 6 nitrogen and oxygen atoms in total. The molecule has 2 amide bonds. The van der Waals surface area contributed by atoms with Crippen molar-refractivity contribution in [3.05, 3.63) is 53.6 Å². The zero-order valence-corrected chi connectivity index (χ0v) is 14.1. The Bertz CT molecular complexity index is 758. The second-order valence-electron chi connectivity index (χ2n) is 6.70. The summed E-state index contributed by atoms with van der Waals surface area (Å²) in [4.78, 5) is 23.2. The van der Waals surface area contributed by atoms with E-state index in [1.807, 2.05) is 12.1 Å². The van der Waals surface area contributed by atoms with Crippen molar-refractivity contribution in [1.29, 1.82) is 0 Å². The number of aliphatic hydroxyl groups is 1. The monoisotopic (exact) mass is 338 g/mol. The number of urea groups is 1. The minimum atomic E-state index is -0.224. The maximum absolute atomic E-state index is 12.8. The number of aromatic nitrogens is 2. The Balaban J connectivity index is 1.49. The quantitative estimate of drug-likeness (QED) is 0.879. The average Bonchev–Trinajstić information content (AvgIpc) is 3.40. The second kappa shape index (κ2) is 6.80. The van der Waals surface area contributed by atoms with Crippen LogP contribution in [-0.4, -0.2) is 39.2 Å². The summed E-state index contributed by atoms with van der Waals surface area (Å²) in [6.45, 7) is 0.231. The highest BCUT2D eigenvalue weighted by Gasteiger charge is 2.31. The van der Waals surface area contributed by atoms with Crippen LogP contribution in [0.15, 0.2) is 36.7 Å². The molecule has 1 aromatic carbocycles. The fourth-order valence-electron chi connectivity index (χ4n) is 3.52. The van der Waals surface area contributed by atoms with E-state index in [0.29, 0.717) is 18.2 Å². The molecule has 4 rings (SSSR count). The number of rotatable bonds is 5. The van der Waals surface area contributed by atoms with E-state index >= 15 is 0 Å². The number of aliphatic hydroxyl groups excluding tert-OH is 1. The number of nitrogens with zero attached hydrogens (tertiary/aromatic N) is 3. The molecular formula is C19H22N4O2. The summed E-state index contributed by atoms with van der Waals surface area (Å²) in [6, 6.07) is 7.97. The van der Waals surface area contributed by atoms with Crippen molar-refractivity contribution in [2.75, 3.05) is 18.5 Å². The van der Waals surface area contributed by atoms with Crippen molar-refractivity contribution >= 4 is 11.7 Å². The van der Waals surface area contributed by atoms with Crippen LogP contribution < -0.4 is 5.32 Å². The van der Waals surface area contributed by atoms with Crippen LogP contribution in [0.3, 0.4) is 0 Å². The first-order valence-electron chi connectivity index (χ1n) is 8.84. The Labute approximate surface area is 146 Å². The van der Waals surface area contributed by atoms with Crippen LogP contribution in [0.2, 0.25) is 0 Å². The van der Waals surface area contributed by atoms with Crippen molar-refractivity contribution in [1.82, 2.24) is 14.9 Å². The third-order valence-corrected chi connectivity index (χ3v) is 4.94. The lowest BCUT2D eigenvalue weighted by Gasteiger charge is -2.29. The summed E-state index contributed by atoms with van der Waals surface area (Å²) in [7, 11) is 0. The van der Waals surface area contributed by atoms with Crippen LogP contribution in [-0.2, 0) is 6.42 Å². The van der Waals surface area contributed by atoms with Crippen LogP contribution in [0.5, 0.6) is 0 Å². The molecule has 1 unspecified atom stereocenters. The first-order chi connectivity index (χ1) is 12.3. The Morgan fingerprint density at radius 2 is 1.96 bits per heavy atom. The molecule has 0 saturated heterocycles. The third kappa shape index (κ3) is 3.35. The number of anilines is 1. The molecular weight excluding hydrogens is 316 g/mol. The van der Waals surface area contributed by atoms with Crippen molar-refractivity contribution < 1.29 is 9.90 Å². The maximum atomic E-state index is 12.8. The van der Waals surface area contributed by atoms with Gasteiger partial charge in [0, 0.05) is 12.5 Å². The van der Waals surface area contributed by atoms with Gasteiger partial charge in [0.05, 0.1) is 30.7 Å². The lowest BCUT2D eigenvalue weighted by Crippen LogP contribution is -2.39. The predicted molar refractivity (Wildman–Crippen MR) is 94.3 cm³/mol. The molecule has 0 radical (unpaired) electrons. The second-order valence-corrected chi connectivity index (χ2v) is 6.70. The highest BCUT2D eigenvalue weighted by Crippen LogP contribution is 2.38. The first-order valence-corrected chi connectivity index (χ1v) is 8.84. The van der Waals surface area contributed by atoms with E-state index in [9.17, 15) is 9.90 Å². The number of carbonyl (C=O) groups is 1. The van der Waals surface area contributed by atoms with Gasteiger partial charge in [0.1, 0.15) is 5.82 Å². The molecule has 25 heavy (non-hydrogen) atoms. The molecule has 0 bridgehead atoms. The van der Waals surface area contributed by atoms with Crippen LogP contribution in [0.1, 0.15) is 48.2 Å². The normalized spacial score (nSPS) is 18.7. The molecule has 2 aliphatic carbocycles. The fraction of sp³-hybridized carbons (Fsp3) is 0.421. The van der Waals surface area contributed by atoms with Gasteiger partial charge in [0.15, 0.2) is 0 Å². The molecule has 1 fully saturated rings. The zero-order chi connectivity index (χ0) is 17.2. The summed E-state index contributed by atoms with van der Waals surface area (Å²) < 4.78 is 0. The minimum Gasteiger partial charge on any atom is -0.395 e. The third-order valence-electron chi connectivity index (χ3n) is 4.94. The Morgan fingerprint density at radius 1 is 1.20 bits per heavy atom. The van der Waals surface area contributed by atoms with Gasteiger partial charge in [-0.3, -0.25) is 0 Å². The average molecular weight is 338 g/mol. The van der Waals surface area contributed by atoms with E-state index in [1.54, 1.807) is 17.3 Å². The number of benzene rings is 1. The number of amides is 2. The van der Waals surface area contributed by atoms with Crippen LogP contribution in [0, 0.1) is 0 Å². The van der Waals surface area contributed by atoms with E-state index in [1.165, 1.54) is 11.1 Å². The number of fused-ring (bicyclic) bond motifs is 1. The summed E-state index contributed by atoms with van der Waals surface area (Å²) in [5.74, 6) is 1.35. The molecule has 0 spiro atoms. The lowest BCUT2D eigenvalue weighted by molar-refractivity contribution is 0.162. The number of nitrogens with one attached hydrogen (secondary N) is 1. The molecule has 1 heterocycles. The van der Waals surface area contributed by atoms with Gasteiger partial charge in [0.25, 0.3) is 0 Å². The largest absolute Gasteiger partial charge is 0.395 e. The first kappa shape index (κ1) is 16.0. The number of hydrogen-bond acceptors (Lipinski definition) is 4. The topological polar surface area (TPSA) is 78.4 Å². The smallest absolute Gasteiger partial charge is 0.322 e. The van der Waals surface area contributed by atoms with Crippen molar-refractivity contribution in [2.45, 2.75) is 37.6 Å². The molecule has 2 aromatic rings. The number of aryl methyl sites for hydroxylation is 1. The zero-order valence-electron chi connectivity index (χ0n) is 14.1. The summed E-state index contributed by atoms with van der Waals surface area (Å²) in [5.41, 5.74) is 3.04. The predicted octanol–water partition coefficient (Wildman–Crippen LogP) is 2.87. The van der Waals surface area contributed by atoms with Crippen LogP contribution in [0.25, 0.3) is 0 Å². The fourth-order valence-corrected chi connectivity index (χ4v) is 3.52. The number of carbonyl (C=O) groups excluding carboxylic acids is 1. The summed E-state index contributed by atoms with van der Waals surface area (Å²) in [6.07, 6.45) is 7.46. The van der Waals surface area contributed by atoms with Crippen LogP contribution in [0.4, 0.5) is 10.5 Å². The van der Waals surface area contributed by atoms with Gasteiger partial charge in [-0.1, -0.05) is 24.3 Å². The van der Waals surface area contributed by atoms with Crippen molar-refractivity contribution in [2.24, 2.45) is 0 Å². The Morgan fingerprint density at radius 3 is 2.68 bits per heavy atom. The summed E-state index contributed by atoms with van der Waals surface area (Å²) in [5, 5.41) is 12.3. The molecule has 1 saturated carbocycles. The van der Waals surface area contributed by atoms with E-state index in [2.05, 4.69) is 27.4 Å². The standard InChI is InChI=1S/C19H22N4O2/c24-10-9-23(17-8-7-13-3-1-2-4-16(13)17)19(25)22-15-11-20-18(21-12-15)14-5-6-14/h1-4,11-12,14,17,24H,5-10H2,(H,22,25). The maximum Gasteiger partial charge on any atom is 0.322 e. The van der Waals surface area contributed by atoms with Gasteiger partial charge in [-0.25, -0.2) is 14.8 Å². The Kier molecular flexibility index (Phi) is 4.36. The van der Waals surface area contributed by atoms with E-state index in [-0.39, 0.29) is 18.7 Å². The Hall–Kier alpha value is -2.47. The van der Waals surface area contributed by atoms with Gasteiger partial charge >= 0.3 is 6.03 Å². The van der Waals surface area contributed by atoms with Crippen molar-refractivity contribution in [3.63, 3.8) is 0 Å². The SMILES string of the molecule is O=C(Nc1cnc(C2CC2)nc1)N(CCO)C1CCc2ccccc21. The molecule has 2 N–H and O–H groups in total. The molecule has 130 valence electrons. The molecule has 0 aliphatic heterocycles. The molecule has 2 aliphatic rings. The molecule has 1 aromatic heterocycles. The molecule has 1 atom stereocenters. The van der Waals surface area contributed by atoms with Gasteiger partial charge in [-0.05, 0) is 36.8 Å². The molecule has 6 heteroatoms. The van der Waals surface area contributed by atoms with Gasteiger partial charge in [-0.2, -0.15) is 0 Å².